The molecular formula is C13H18FNO2. The molecular weight excluding hydrogens is 221 g/mol. The van der Waals surface area contributed by atoms with E-state index in [0.717, 1.165) is 11.3 Å². The Kier molecular flexibility index (Phi) is 5.46. The number of nitrogens with zero attached hydrogens (tertiary/aromatic N) is 1. The number of halogens is 1. The molecule has 0 bridgehead atoms. The van der Waals surface area contributed by atoms with Crippen LogP contribution in [-0.4, -0.2) is 30.8 Å². The first-order valence-electron chi connectivity index (χ1n) is 5.73. The summed E-state index contributed by atoms with van der Waals surface area (Å²) in [4.78, 5) is 12.5. The predicted octanol–water partition coefficient (Wildman–Crippen LogP) is 2.64. The fraction of sp³-hybridized carbons (Fsp3) is 0.462. The van der Waals surface area contributed by atoms with Crippen LogP contribution in [-0.2, 0) is 4.79 Å². The van der Waals surface area contributed by atoms with Crippen LogP contribution in [0.5, 0.6) is 0 Å². The van der Waals surface area contributed by atoms with E-state index < -0.39 is 5.97 Å². The average molecular weight is 239 g/mol. The monoisotopic (exact) mass is 239 g/mol. The van der Waals surface area contributed by atoms with Crippen molar-refractivity contribution in [3.05, 3.63) is 29.8 Å². The van der Waals surface area contributed by atoms with Gasteiger partial charge < -0.3 is 10.0 Å². The molecule has 0 unspecified atom stereocenters. The minimum atomic E-state index is -0.830. The quantitative estimate of drug-likeness (QED) is 0.795. The molecule has 1 aromatic rings. The number of anilines is 1. The molecule has 0 aromatic heterocycles. The minimum Gasteiger partial charge on any atom is -0.481 e. The van der Waals surface area contributed by atoms with Crippen molar-refractivity contribution in [2.24, 2.45) is 0 Å². The zero-order valence-corrected chi connectivity index (χ0v) is 10.0. The lowest BCUT2D eigenvalue weighted by Gasteiger charge is -2.25. The summed E-state index contributed by atoms with van der Waals surface area (Å²) >= 11 is 0. The Bertz CT molecular complexity index is 368. The van der Waals surface area contributed by atoms with Gasteiger partial charge in [0.15, 0.2) is 0 Å². The predicted molar refractivity (Wildman–Crippen MR) is 66.2 cm³/mol. The summed E-state index contributed by atoms with van der Waals surface area (Å²) in [5.41, 5.74) is 2.07. The first kappa shape index (κ1) is 13.5. The molecule has 94 valence electrons. The fourth-order valence-corrected chi connectivity index (χ4v) is 1.75. The molecule has 0 amide bonds. The molecule has 1 aromatic carbocycles. The third-order valence-electron chi connectivity index (χ3n) is 2.61. The van der Waals surface area contributed by atoms with Crippen molar-refractivity contribution in [1.29, 1.82) is 0 Å². The van der Waals surface area contributed by atoms with Gasteiger partial charge in [0.05, 0.1) is 13.1 Å². The number of aryl methyl sites for hydroxylation is 1. The van der Waals surface area contributed by atoms with E-state index in [1.165, 1.54) is 0 Å². The van der Waals surface area contributed by atoms with Crippen LogP contribution in [0.1, 0.15) is 18.4 Å². The first-order valence-corrected chi connectivity index (χ1v) is 5.73. The van der Waals surface area contributed by atoms with Crippen molar-refractivity contribution >= 4 is 11.7 Å². The second-order valence-corrected chi connectivity index (χ2v) is 3.96. The van der Waals surface area contributed by atoms with Crippen molar-refractivity contribution in [3.63, 3.8) is 0 Å². The molecule has 1 N–H and O–H groups in total. The molecule has 3 nitrogen and oxygen atoms in total. The number of carbonyl (C=O) groups is 1. The van der Waals surface area contributed by atoms with Crippen LogP contribution in [0.4, 0.5) is 10.1 Å². The van der Waals surface area contributed by atoms with Crippen LogP contribution in [0.2, 0.25) is 0 Å². The zero-order valence-electron chi connectivity index (χ0n) is 10.0. The lowest BCUT2D eigenvalue weighted by Crippen LogP contribution is -2.28. The number of aliphatic carboxylic acids is 1. The lowest BCUT2D eigenvalue weighted by atomic mass is 10.1. The molecule has 0 aliphatic heterocycles. The van der Waals surface area contributed by atoms with Gasteiger partial charge in [-0.1, -0.05) is 18.2 Å². The van der Waals surface area contributed by atoms with E-state index in [4.69, 9.17) is 5.11 Å². The Morgan fingerprint density at radius 2 is 2.06 bits per heavy atom. The molecule has 0 spiro atoms. The van der Waals surface area contributed by atoms with Gasteiger partial charge in [0, 0.05) is 18.8 Å². The number of carboxylic acids is 1. The standard InChI is InChI=1S/C13H18FNO2/c1-11-5-2-3-6-12(11)15(9-4-8-14)10-7-13(16)17/h2-3,5-6H,4,7-10H2,1H3,(H,16,17). The Balaban J connectivity index is 2.74. The second-order valence-electron chi connectivity index (χ2n) is 3.96. The summed E-state index contributed by atoms with van der Waals surface area (Å²) in [6.45, 7) is 2.56. The SMILES string of the molecule is Cc1ccccc1N(CCCF)CCC(=O)O. The highest BCUT2D eigenvalue weighted by Gasteiger charge is 2.10. The summed E-state index contributed by atoms with van der Waals surface area (Å²) in [6, 6.07) is 7.75. The maximum absolute atomic E-state index is 12.2. The van der Waals surface area contributed by atoms with Crippen molar-refractivity contribution in [2.45, 2.75) is 19.8 Å². The molecule has 0 saturated heterocycles. The summed E-state index contributed by atoms with van der Waals surface area (Å²) in [5.74, 6) is -0.830. The van der Waals surface area contributed by atoms with E-state index in [2.05, 4.69) is 0 Å². The van der Waals surface area contributed by atoms with Crippen molar-refractivity contribution in [1.82, 2.24) is 0 Å². The Labute approximate surface area is 101 Å². The van der Waals surface area contributed by atoms with E-state index in [1.54, 1.807) is 0 Å². The maximum Gasteiger partial charge on any atom is 0.305 e. The Hall–Kier alpha value is -1.58. The summed E-state index contributed by atoms with van der Waals surface area (Å²) < 4.78 is 12.2. The second kappa shape index (κ2) is 6.89. The molecule has 4 heteroatoms. The molecule has 0 radical (unpaired) electrons. The molecule has 0 heterocycles. The summed E-state index contributed by atoms with van der Waals surface area (Å²) in [5, 5.41) is 8.70. The van der Waals surface area contributed by atoms with E-state index in [9.17, 15) is 9.18 Å². The Morgan fingerprint density at radius 3 is 2.65 bits per heavy atom. The number of benzene rings is 1. The number of carboxylic acid groups (broad SMARTS) is 1. The van der Waals surface area contributed by atoms with Crippen molar-refractivity contribution < 1.29 is 14.3 Å². The third kappa shape index (κ3) is 4.43. The van der Waals surface area contributed by atoms with Gasteiger partial charge in [0.25, 0.3) is 0 Å². The zero-order chi connectivity index (χ0) is 12.7. The molecule has 0 aliphatic rings. The van der Waals surface area contributed by atoms with Gasteiger partial charge in [-0.3, -0.25) is 9.18 Å². The summed E-state index contributed by atoms with van der Waals surface area (Å²) in [6.07, 6.45) is 0.495. The van der Waals surface area contributed by atoms with Gasteiger partial charge in [-0.2, -0.15) is 0 Å². The highest BCUT2D eigenvalue weighted by Crippen LogP contribution is 2.19. The van der Waals surface area contributed by atoms with Crippen LogP contribution >= 0.6 is 0 Å². The number of para-hydroxylation sites is 1. The number of alkyl halides is 1. The minimum absolute atomic E-state index is 0.0701. The summed E-state index contributed by atoms with van der Waals surface area (Å²) in [7, 11) is 0. The van der Waals surface area contributed by atoms with E-state index in [-0.39, 0.29) is 13.1 Å². The van der Waals surface area contributed by atoms with Gasteiger partial charge in [-0.25, -0.2) is 0 Å². The van der Waals surface area contributed by atoms with Gasteiger partial charge >= 0.3 is 5.97 Å². The van der Waals surface area contributed by atoms with E-state index in [1.807, 2.05) is 36.1 Å². The number of hydrogen-bond donors (Lipinski definition) is 1. The number of rotatable bonds is 7. The topological polar surface area (TPSA) is 40.5 Å². The van der Waals surface area contributed by atoms with Gasteiger partial charge in [-0.05, 0) is 25.0 Å². The van der Waals surface area contributed by atoms with Crippen LogP contribution in [0.25, 0.3) is 0 Å². The first-order chi connectivity index (χ1) is 8.15. The molecule has 0 fully saturated rings. The number of hydrogen-bond acceptors (Lipinski definition) is 2. The van der Waals surface area contributed by atoms with Crippen LogP contribution in [0, 0.1) is 6.92 Å². The normalized spacial score (nSPS) is 10.2. The van der Waals surface area contributed by atoms with Crippen LogP contribution in [0.3, 0.4) is 0 Å². The Morgan fingerprint density at radius 1 is 1.35 bits per heavy atom. The average Bonchev–Trinajstić information content (AvgIpc) is 2.30. The van der Waals surface area contributed by atoms with Crippen LogP contribution in [0.15, 0.2) is 24.3 Å². The third-order valence-corrected chi connectivity index (χ3v) is 2.61. The smallest absolute Gasteiger partial charge is 0.305 e. The van der Waals surface area contributed by atoms with Gasteiger partial charge in [0.1, 0.15) is 0 Å². The molecule has 17 heavy (non-hydrogen) atoms. The van der Waals surface area contributed by atoms with Crippen molar-refractivity contribution in [3.8, 4) is 0 Å². The van der Waals surface area contributed by atoms with Crippen LogP contribution < -0.4 is 4.90 Å². The van der Waals surface area contributed by atoms with Crippen molar-refractivity contribution in [2.75, 3.05) is 24.7 Å². The molecule has 0 aliphatic carbocycles. The highest BCUT2D eigenvalue weighted by atomic mass is 19.1. The molecule has 0 atom stereocenters. The molecule has 0 saturated carbocycles. The fourth-order valence-electron chi connectivity index (χ4n) is 1.75. The van der Waals surface area contributed by atoms with Gasteiger partial charge in [-0.15, -0.1) is 0 Å². The van der Waals surface area contributed by atoms with E-state index >= 15 is 0 Å². The van der Waals surface area contributed by atoms with E-state index in [0.29, 0.717) is 19.5 Å². The lowest BCUT2D eigenvalue weighted by molar-refractivity contribution is -0.136. The molecule has 1 rings (SSSR count). The largest absolute Gasteiger partial charge is 0.481 e. The highest BCUT2D eigenvalue weighted by molar-refractivity contribution is 5.68. The maximum atomic E-state index is 12.2. The van der Waals surface area contributed by atoms with Gasteiger partial charge in [0.2, 0.25) is 0 Å².